The van der Waals surface area contributed by atoms with Gasteiger partial charge in [-0.2, -0.15) is 0 Å². The molecule has 3 nitrogen and oxygen atoms in total. The molecule has 1 aromatic heterocycles. The Morgan fingerprint density at radius 1 is 1.12 bits per heavy atom. The van der Waals surface area contributed by atoms with Crippen molar-refractivity contribution in [3.8, 4) is 22.4 Å². The van der Waals surface area contributed by atoms with E-state index in [9.17, 15) is 4.79 Å². The molecule has 2 N–H and O–H groups in total. The fraction of sp³-hybridized carbons (Fsp3) is 0.105. The number of hydrogen-bond acceptors (Lipinski definition) is 1. The molecule has 5 heteroatoms. The van der Waals surface area contributed by atoms with Gasteiger partial charge < -0.3 is 10.3 Å². The lowest BCUT2D eigenvalue weighted by atomic mass is 9.96. The summed E-state index contributed by atoms with van der Waals surface area (Å²) < 4.78 is 3.11. The van der Waals surface area contributed by atoms with E-state index < -0.39 is 5.91 Å². The fourth-order valence-electron chi connectivity index (χ4n) is 2.97. The molecule has 3 rings (SSSR count). The molecule has 0 bridgehead atoms. The molecule has 122 valence electrons. The van der Waals surface area contributed by atoms with Crippen LogP contribution in [0.3, 0.4) is 0 Å². The number of carbonyl (C=O) groups excluding carboxylic acids is 1. The molecule has 0 saturated heterocycles. The van der Waals surface area contributed by atoms with Gasteiger partial charge in [-0.15, -0.1) is 0 Å². The molecule has 0 saturated carbocycles. The van der Waals surface area contributed by atoms with Crippen LogP contribution < -0.4 is 5.73 Å². The summed E-state index contributed by atoms with van der Waals surface area (Å²) in [4.78, 5) is 12.1. The second kappa shape index (κ2) is 6.61. The third kappa shape index (κ3) is 2.96. The summed E-state index contributed by atoms with van der Waals surface area (Å²) in [5, 5.41) is 0.676. The standard InChI is InChI=1S/C19H16ClIN2O/c1-11-16(19(22)24)17(13-4-3-5-15(21)10-13)18(23(11)2)12-6-8-14(20)9-7-12/h3-10H,1-2H3,(H2,22,24). The first-order valence-electron chi connectivity index (χ1n) is 7.41. The Labute approximate surface area is 159 Å². The van der Waals surface area contributed by atoms with E-state index in [0.29, 0.717) is 10.6 Å². The second-order valence-corrected chi connectivity index (χ2v) is 7.31. The van der Waals surface area contributed by atoms with Crippen LogP contribution in [-0.4, -0.2) is 10.5 Å². The molecule has 0 aliphatic carbocycles. The average molecular weight is 451 g/mol. The topological polar surface area (TPSA) is 48.0 Å². The van der Waals surface area contributed by atoms with Gasteiger partial charge in [0.1, 0.15) is 0 Å². The molecule has 0 atom stereocenters. The van der Waals surface area contributed by atoms with Crippen molar-refractivity contribution in [2.75, 3.05) is 0 Å². The normalized spacial score (nSPS) is 10.8. The molecule has 0 fully saturated rings. The van der Waals surface area contributed by atoms with E-state index in [0.717, 1.165) is 31.6 Å². The van der Waals surface area contributed by atoms with Crippen LogP contribution in [0.15, 0.2) is 48.5 Å². The minimum Gasteiger partial charge on any atom is -0.366 e. The fourth-order valence-corrected chi connectivity index (χ4v) is 3.64. The highest BCUT2D eigenvalue weighted by Gasteiger charge is 2.24. The number of hydrogen-bond donors (Lipinski definition) is 1. The first-order chi connectivity index (χ1) is 11.4. The zero-order chi connectivity index (χ0) is 17.4. The van der Waals surface area contributed by atoms with Gasteiger partial charge in [-0.25, -0.2) is 0 Å². The maximum Gasteiger partial charge on any atom is 0.251 e. The molecule has 0 radical (unpaired) electrons. The van der Waals surface area contributed by atoms with Gasteiger partial charge in [-0.05, 0) is 64.9 Å². The number of amides is 1. The molecule has 0 aliphatic heterocycles. The summed E-state index contributed by atoms with van der Waals surface area (Å²) >= 11 is 8.29. The lowest BCUT2D eigenvalue weighted by Crippen LogP contribution is -2.13. The molecule has 1 heterocycles. The highest BCUT2D eigenvalue weighted by atomic mass is 127. The van der Waals surface area contributed by atoms with Crippen molar-refractivity contribution in [3.63, 3.8) is 0 Å². The van der Waals surface area contributed by atoms with E-state index in [1.807, 2.05) is 61.0 Å². The largest absolute Gasteiger partial charge is 0.366 e. The van der Waals surface area contributed by atoms with E-state index >= 15 is 0 Å². The summed E-state index contributed by atoms with van der Waals surface area (Å²) in [6.45, 7) is 1.91. The maximum absolute atomic E-state index is 12.1. The first kappa shape index (κ1) is 17.0. The predicted molar refractivity (Wildman–Crippen MR) is 107 cm³/mol. The number of nitrogens with two attached hydrogens (primary N) is 1. The van der Waals surface area contributed by atoms with E-state index in [1.165, 1.54) is 0 Å². The Hall–Kier alpha value is -1.79. The minimum atomic E-state index is -0.419. The number of rotatable bonds is 3. The van der Waals surface area contributed by atoms with Gasteiger partial charge in [0.15, 0.2) is 0 Å². The smallest absolute Gasteiger partial charge is 0.251 e. The van der Waals surface area contributed by atoms with Gasteiger partial charge in [0.2, 0.25) is 0 Å². The van der Waals surface area contributed by atoms with Gasteiger partial charge in [0, 0.05) is 26.9 Å². The Balaban J connectivity index is 2.38. The van der Waals surface area contributed by atoms with Crippen molar-refractivity contribution in [1.82, 2.24) is 4.57 Å². The van der Waals surface area contributed by atoms with Crippen LogP contribution >= 0.6 is 34.2 Å². The maximum atomic E-state index is 12.1. The van der Waals surface area contributed by atoms with Crippen LogP contribution in [-0.2, 0) is 7.05 Å². The van der Waals surface area contributed by atoms with Gasteiger partial charge in [-0.3, -0.25) is 4.79 Å². The summed E-state index contributed by atoms with van der Waals surface area (Å²) in [5.74, 6) is -0.419. The minimum absolute atomic E-state index is 0.419. The zero-order valence-electron chi connectivity index (χ0n) is 13.3. The molecular weight excluding hydrogens is 435 g/mol. The lowest BCUT2D eigenvalue weighted by molar-refractivity contribution is 0.1000. The summed E-state index contributed by atoms with van der Waals surface area (Å²) in [7, 11) is 1.95. The van der Waals surface area contributed by atoms with Crippen LogP contribution in [0.25, 0.3) is 22.4 Å². The van der Waals surface area contributed by atoms with Crippen LogP contribution in [0.5, 0.6) is 0 Å². The third-order valence-corrected chi connectivity index (χ3v) is 5.09. The van der Waals surface area contributed by atoms with Crippen molar-refractivity contribution in [1.29, 1.82) is 0 Å². The van der Waals surface area contributed by atoms with Crippen molar-refractivity contribution in [2.24, 2.45) is 12.8 Å². The third-order valence-electron chi connectivity index (χ3n) is 4.16. The van der Waals surface area contributed by atoms with Crippen LogP contribution in [0.2, 0.25) is 5.02 Å². The number of primary amides is 1. The first-order valence-corrected chi connectivity index (χ1v) is 8.86. The quantitative estimate of drug-likeness (QED) is 0.559. The number of carbonyl (C=O) groups is 1. The Morgan fingerprint density at radius 3 is 2.38 bits per heavy atom. The second-order valence-electron chi connectivity index (χ2n) is 5.62. The molecule has 3 aromatic rings. The van der Waals surface area contributed by atoms with Crippen molar-refractivity contribution >= 4 is 40.1 Å². The Kier molecular flexibility index (Phi) is 4.69. The van der Waals surface area contributed by atoms with Crippen molar-refractivity contribution in [3.05, 3.63) is 68.4 Å². The zero-order valence-corrected chi connectivity index (χ0v) is 16.2. The molecule has 1 amide bonds. The highest BCUT2D eigenvalue weighted by molar-refractivity contribution is 14.1. The van der Waals surface area contributed by atoms with Crippen molar-refractivity contribution in [2.45, 2.75) is 6.92 Å². The molecule has 0 spiro atoms. The average Bonchev–Trinajstić information content (AvgIpc) is 2.80. The van der Waals surface area contributed by atoms with Gasteiger partial charge >= 0.3 is 0 Å². The number of benzene rings is 2. The summed E-state index contributed by atoms with van der Waals surface area (Å²) in [5.41, 5.74) is 10.9. The molecule has 2 aromatic carbocycles. The van der Waals surface area contributed by atoms with Crippen LogP contribution in [0, 0.1) is 10.5 Å². The van der Waals surface area contributed by atoms with Gasteiger partial charge in [-0.1, -0.05) is 35.9 Å². The van der Waals surface area contributed by atoms with Crippen LogP contribution in [0.1, 0.15) is 16.1 Å². The van der Waals surface area contributed by atoms with E-state index in [4.69, 9.17) is 17.3 Å². The van der Waals surface area contributed by atoms with E-state index in [1.54, 1.807) is 0 Å². The predicted octanol–water partition coefficient (Wildman–Crippen LogP) is 5.02. The summed E-state index contributed by atoms with van der Waals surface area (Å²) in [6, 6.07) is 15.7. The van der Waals surface area contributed by atoms with E-state index in [-0.39, 0.29) is 0 Å². The molecule has 0 aliphatic rings. The molecule has 24 heavy (non-hydrogen) atoms. The Morgan fingerprint density at radius 2 is 1.79 bits per heavy atom. The lowest BCUT2D eigenvalue weighted by Gasteiger charge is -2.10. The molecular formula is C19H16ClIN2O. The van der Waals surface area contributed by atoms with Gasteiger partial charge in [0.05, 0.1) is 11.3 Å². The van der Waals surface area contributed by atoms with Gasteiger partial charge in [0.25, 0.3) is 5.91 Å². The van der Waals surface area contributed by atoms with Crippen LogP contribution in [0.4, 0.5) is 0 Å². The SMILES string of the molecule is Cc1c(C(N)=O)c(-c2cccc(I)c2)c(-c2ccc(Cl)cc2)n1C. The highest BCUT2D eigenvalue weighted by Crippen LogP contribution is 2.39. The monoisotopic (exact) mass is 450 g/mol. The Bertz CT molecular complexity index is 929. The summed E-state index contributed by atoms with van der Waals surface area (Å²) in [6.07, 6.45) is 0. The molecule has 0 unspecified atom stereocenters. The number of aromatic nitrogens is 1. The van der Waals surface area contributed by atoms with E-state index in [2.05, 4.69) is 28.7 Å². The van der Waals surface area contributed by atoms with Crippen molar-refractivity contribution < 1.29 is 4.79 Å². The number of nitrogens with zero attached hydrogens (tertiary/aromatic N) is 1. The number of halogens is 2.